The molecule has 2 rings (SSSR count). The quantitative estimate of drug-likeness (QED) is 0.597. The van der Waals surface area contributed by atoms with E-state index in [-0.39, 0.29) is 0 Å². The maximum Gasteiger partial charge on any atom is 0.158 e. The van der Waals surface area contributed by atoms with Crippen molar-refractivity contribution >= 4 is 34.4 Å². The molecule has 0 fully saturated rings. The van der Waals surface area contributed by atoms with Crippen LogP contribution in [-0.2, 0) is 0 Å². The van der Waals surface area contributed by atoms with Crippen molar-refractivity contribution in [3.05, 3.63) is 17.5 Å². The fraction of sp³-hybridized carbons (Fsp3) is 0.222. The van der Waals surface area contributed by atoms with Crippen LogP contribution in [0.2, 0.25) is 5.15 Å². The van der Waals surface area contributed by atoms with Crippen LogP contribution in [0.5, 0.6) is 5.75 Å². The number of hydrogen-bond acceptors (Lipinski definition) is 5. The second-order valence-corrected chi connectivity index (χ2v) is 3.89. The molecule has 6 heteroatoms. The molecule has 0 aliphatic heterocycles. The number of halogens is 1. The maximum atomic E-state index is 5.92. The average Bonchev–Trinajstić information content (AvgIpc) is 2.28. The zero-order valence-electron chi connectivity index (χ0n) is 8.19. The number of nitrogens with zero attached hydrogens (tertiary/aromatic N) is 3. The van der Waals surface area contributed by atoms with Gasteiger partial charge in [0.25, 0.3) is 0 Å². The maximum absolute atomic E-state index is 5.92. The summed E-state index contributed by atoms with van der Waals surface area (Å²) in [7, 11) is 1.60. The first-order chi connectivity index (χ1) is 7.26. The van der Waals surface area contributed by atoms with Gasteiger partial charge < -0.3 is 4.74 Å². The van der Waals surface area contributed by atoms with Crippen LogP contribution in [0, 0.1) is 0 Å². The smallest absolute Gasteiger partial charge is 0.158 e. The number of methoxy groups -OCH3 is 1. The summed E-state index contributed by atoms with van der Waals surface area (Å²) in [5.74, 6) is 0.699. The lowest BCUT2D eigenvalue weighted by atomic mass is 10.3. The minimum absolute atomic E-state index is 0.359. The molecule has 0 N–H and O–H groups in total. The Kier molecular flexibility index (Phi) is 2.93. The van der Waals surface area contributed by atoms with E-state index in [1.165, 1.54) is 18.1 Å². The highest BCUT2D eigenvalue weighted by atomic mass is 35.5. The number of ether oxygens (including phenoxy) is 1. The summed E-state index contributed by atoms with van der Waals surface area (Å²) in [5.41, 5.74) is 1.29. The summed E-state index contributed by atoms with van der Waals surface area (Å²) < 4.78 is 5.20. The summed E-state index contributed by atoms with van der Waals surface area (Å²) in [6.45, 7) is 0. The van der Waals surface area contributed by atoms with Gasteiger partial charge in [0.05, 0.1) is 12.6 Å². The van der Waals surface area contributed by atoms with Crippen molar-refractivity contribution in [1.29, 1.82) is 0 Å². The predicted octanol–water partition coefficient (Wildman–Crippen LogP) is 2.41. The molecule has 0 spiro atoms. The highest BCUT2D eigenvalue weighted by molar-refractivity contribution is 7.98. The minimum atomic E-state index is 0.359. The third-order valence-electron chi connectivity index (χ3n) is 1.91. The third-order valence-corrected chi connectivity index (χ3v) is 2.87. The zero-order valence-corrected chi connectivity index (χ0v) is 9.76. The van der Waals surface area contributed by atoms with Gasteiger partial charge in [0.15, 0.2) is 10.9 Å². The summed E-state index contributed by atoms with van der Waals surface area (Å²) >= 11 is 7.41. The molecule has 2 aromatic rings. The van der Waals surface area contributed by atoms with Crippen molar-refractivity contribution in [3.8, 4) is 5.75 Å². The largest absolute Gasteiger partial charge is 0.494 e. The Bertz CT molecular complexity index is 506. The van der Waals surface area contributed by atoms with Gasteiger partial charge in [-0.25, -0.2) is 15.0 Å². The van der Waals surface area contributed by atoms with Gasteiger partial charge in [-0.1, -0.05) is 11.6 Å². The van der Waals surface area contributed by atoms with Gasteiger partial charge in [-0.05, 0) is 6.26 Å². The van der Waals surface area contributed by atoms with E-state index in [2.05, 4.69) is 15.0 Å². The van der Waals surface area contributed by atoms with Crippen LogP contribution in [0.4, 0.5) is 0 Å². The molecule has 4 nitrogen and oxygen atoms in total. The Morgan fingerprint density at radius 3 is 2.87 bits per heavy atom. The number of fused-ring (bicyclic) bond motifs is 1. The first kappa shape index (κ1) is 10.4. The van der Waals surface area contributed by atoms with Crippen molar-refractivity contribution in [2.24, 2.45) is 0 Å². The molecule has 0 bridgehead atoms. The molecule has 15 heavy (non-hydrogen) atoms. The first-order valence-electron chi connectivity index (χ1n) is 4.15. The molecule has 0 aromatic carbocycles. The van der Waals surface area contributed by atoms with Crippen LogP contribution < -0.4 is 4.74 Å². The predicted molar refractivity (Wildman–Crippen MR) is 60.7 cm³/mol. The lowest BCUT2D eigenvalue weighted by Gasteiger charge is -2.06. The number of aromatic nitrogens is 3. The Labute approximate surface area is 96.0 Å². The highest BCUT2D eigenvalue weighted by Gasteiger charge is 2.09. The van der Waals surface area contributed by atoms with Gasteiger partial charge in [-0.15, -0.1) is 11.8 Å². The molecular weight excluding hydrogens is 234 g/mol. The molecule has 0 unspecified atom stereocenters. The van der Waals surface area contributed by atoms with Gasteiger partial charge in [0.2, 0.25) is 0 Å². The van der Waals surface area contributed by atoms with E-state index in [0.717, 1.165) is 5.03 Å². The molecule has 0 radical (unpaired) electrons. The Morgan fingerprint density at radius 1 is 1.40 bits per heavy atom. The zero-order chi connectivity index (χ0) is 10.8. The molecule has 0 aliphatic carbocycles. The van der Waals surface area contributed by atoms with Gasteiger partial charge in [0.1, 0.15) is 16.9 Å². The van der Waals surface area contributed by atoms with Crippen LogP contribution in [0.25, 0.3) is 11.0 Å². The standard InChI is InChI=1S/C9H8ClN3OS/c1-14-6-3-5-7(13-9(6)15-2)8(10)12-4-11-5/h3-4H,1-2H3. The van der Waals surface area contributed by atoms with Crippen molar-refractivity contribution in [1.82, 2.24) is 15.0 Å². The van der Waals surface area contributed by atoms with Gasteiger partial charge in [-0.3, -0.25) is 0 Å². The number of rotatable bonds is 2. The normalized spacial score (nSPS) is 10.6. The topological polar surface area (TPSA) is 47.9 Å². The molecule has 78 valence electrons. The summed E-state index contributed by atoms with van der Waals surface area (Å²) in [5, 5.41) is 1.14. The fourth-order valence-electron chi connectivity index (χ4n) is 1.21. The van der Waals surface area contributed by atoms with E-state index >= 15 is 0 Å². The minimum Gasteiger partial charge on any atom is -0.494 e. The summed E-state index contributed by atoms with van der Waals surface area (Å²) in [6.07, 6.45) is 3.33. The molecule has 0 saturated heterocycles. The highest BCUT2D eigenvalue weighted by Crippen LogP contribution is 2.29. The summed E-state index contributed by atoms with van der Waals surface area (Å²) in [6, 6.07) is 1.81. The van der Waals surface area contributed by atoms with E-state index < -0.39 is 0 Å². The van der Waals surface area contributed by atoms with Crippen molar-refractivity contribution in [2.45, 2.75) is 5.03 Å². The van der Waals surface area contributed by atoms with Gasteiger partial charge in [0, 0.05) is 6.07 Å². The van der Waals surface area contributed by atoms with Crippen molar-refractivity contribution in [3.63, 3.8) is 0 Å². The number of pyridine rings is 1. The Morgan fingerprint density at radius 2 is 2.20 bits per heavy atom. The van der Waals surface area contributed by atoms with E-state index in [9.17, 15) is 0 Å². The number of thioether (sulfide) groups is 1. The van der Waals surface area contributed by atoms with Crippen molar-refractivity contribution < 1.29 is 4.74 Å². The lowest BCUT2D eigenvalue weighted by molar-refractivity contribution is 0.402. The van der Waals surface area contributed by atoms with E-state index in [0.29, 0.717) is 21.9 Å². The van der Waals surface area contributed by atoms with E-state index in [1.54, 1.807) is 7.11 Å². The second-order valence-electron chi connectivity index (χ2n) is 2.73. The molecular formula is C9H8ClN3OS. The number of hydrogen-bond donors (Lipinski definition) is 0. The van der Waals surface area contributed by atoms with Gasteiger partial charge >= 0.3 is 0 Å². The monoisotopic (exact) mass is 241 g/mol. The third kappa shape index (κ3) is 1.85. The SMILES string of the molecule is COc1cc2ncnc(Cl)c2nc1SC. The van der Waals surface area contributed by atoms with Crippen LogP contribution >= 0.6 is 23.4 Å². The average molecular weight is 242 g/mol. The first-order valence-corrected chi connectivity index (χ1v) is 5.75. The second kappa shape index (κ2) is 4.20. The fourth-order valence-corrected chi connectivity index (χ4v) is 1.92. The van der Waals surface area contributed by atoms with Gasteiger partial charge in [-0.2, -0.15) is 0 Å². The molecule has 0 amide bonds. The van der Waals surface area contributed by atoms with Crippen LogP contribution in [-0.4, -0.2) is 28.3 Å². The Hall–Kier alpha value is -1.07. The Balaban J connectivity index is 2.75. The summed E-state index contributed by atoms with van der Waals surface area (Å²) in [4.78, 5) is 12.3. The van der Waals surface area contributed by atoms with Crippen molar-refractivity contribution in [2.75, 3.05) is 13.4 Å². The lowest BCUT2D eigenvalue weighted by Crippen LogP contribution is -1.93. The van der Waals surface area contributed by atoms with E-state index in [1.807, 2.05) is 12.3 Å². The van der Waals surface area contributed by atoms with E-state index in [4.69, 9.17) is 16.3 Å². The van der Waals surface area contributed by atoms with Crippen LogP contribution in [0.3, 0.4) is 0 Å². The molecule has 2 aromatic heterocycles. The molecule has 2 heterocycles. The molecule has 0 saturated carbocycles. The van der Waals surface area contributed by atoms with Crippen LogP contribution in [0.1, 0.15) is 0 Å². The van der Waals surface area contributed by atoms with Crippen LogP contribution in [0.15, 0.2) is 17.4 Å². The molecule has 0 atom stereocenters. The molecule has 0 aliphatic rings.